The number of imidazole rings is 2. The topological polar surface area (TPSA) is 310 Å². The van der Waals surface area contributed by atoms with Crippen LogP contribution in [0.4, 0.5) is 11.6 Å². The molecule has 0 aliphatic carbocycles. The standard InChI is InChI=1S/C20H24N10O12P2/c21-15-9-17(25-3-23-15)29(5-27-9)19-11(31)13-7(39-19)1-37-43(33,34)42-14-8(2-38-44(35,36)41-13)40-20(12(14)32)30-6-28-10-16(22)24-4-26-18(10)30/h3-8,11-14,19-20,31-32H,1-2H2,(H,33,34)(H,35,36)(H2,21,23,25)(H2,22,24,26)/t7-,8-,11-,12+,13-,14+,19-,20+/m1/s1. The Bertz CT molecular complexity index is 1690. The molecule has 8 N–H and O–H groups in total. The van der Waals surface area contributed by atoms with E-state index < -0.39 is 77.9 Å². The molecule has 22 nitrogen and oxygen atoms in total. The van der Waals surface area contributed by atoms with Crippen LogP contribution in [0.1, 0.15) is 12.5 Å². The second-order valence-corrected chi connectivity index (χ2v) is 12.8. The highest BCUT2D eigenvalue weighted by Gasteiger charge is 2.54. The first-order valence-electron chi connectivity index (χ1n) is 12.8. The van der Waals surface area contributed by atoms with Gasteiger partial charge in [-0.1, -0.05) is 0 Å². The van der Waals surface area contributed by atoms with Gasteiger partial charge in [-0.05, 0) is 0 Å². The lowest BCUT2D eigenvalue weighted by molar-refractivity contribution is -0.0664. The van der Waals surface area contributed by atoms with Gasteiger partial charge in [-0.15, -0.1) is 0 Å². The quantitative estimate of drug-likeness (QED) is 0.132. The molecule has 3 saturated heterocycles. The number of ether oxygens (including phenoxy) is 2. The number of aliphatic hydroxyl groups excluding tert-OH is 2. The summed E-state index contributed by atoms with van der Waals surface area (Å²) < 4.78 is 61.2. The van der Waals surface area contributed by atoms with E-state index in [0.717, 1.165) is 12.7 Å². The lowest BCUT2D eigenvalue weighted by atomic mass is 10.1. The number of fused-ring (bicyclic) bond motifs is 4. The minimum Gasteiger partial charge on any atom is -0.386 e. The molecule has 4 aromatic heterocycles. The Labute approximate surface area is 244 Å². The van der Waals surface area contributed by atoms with Crippen LogP contribution in [-0.4, -0.2) is 109 Å². The second-order valence-electron chi connectivity index (χ2n) is 9.95. The van der Waals surface area contributed by atoms with Gasteiger partial charge in [-0.25, -0.2) is 39.0 Å². The second kappa shape index (κ2) is 10.7. The van der Waals surface area contributed by atoms with Gasteiger partial charge in [0.2, 0.25) is 0 Å². The van der Waals surface area contributed by atoms with Gasteiger partial charge in [0, 0.05) is 0 Å². The predicted octanol–water partition coefficient (Wildman–Crippen LogP) is -1.63. The molecule has 0 amide bonds. The van der Waals surface area contributed by atoms with Crippen LogP contribution < -0.4 is 11.5 Å². The van der Waals surface area contributed by atoms with Crippen LogP contribution in [0.25, 0.3) is 22.3 Å². The Balaban J connectivity index is 1.17. The lowest BCUT2D eigenvalue weighted by Crippen LogP contribution is -2.39. The van der Waals surface area contributed by atoms with E-state index in [-0.39, 0.29) is 34.0 Å². The first kappa shape index (κ1) is 29.5. The third-order valence-electron chi connectivity index (χ3n) is 7.26. The molecule has 7 rings (SSSR count). The van der Waals surface area contributed by atoms with Gasteiger partial charge in [0.25, 0.3) is 0 Å². The lowest BCUT2D eigenvalue weighted by Gasteiger charge is -2.27. The van der Waals surface area contributed by atoms with Gasteiger partial charge in [-0.3, -0.25) is 27.2 Å². The molecule has 3 aliphatic heterocycles. The highest BCUT2D eigenvalue weighted by atomic mass is 31.2. The fraction of sp³-hybridized carbons (Fsp3) is 0.500. The monoisotopic (exact) mass is 658 g/mol. The van der Waals surface area contributed by atoms with Crippen LogP contribution in [0.3, 0.4) is 0 Å². The third kappa shape index (κ3) is 5.04. The number of phosphoric acid groups is 2. The number of aliphatic hydroxyl groups is 2. The number of hydrogen-bond acceptors (Lipinski definition) is 18. The molecule has 0 aromatic carbocycles. The van der Waals surface area contributed by atoms with E-state index in [0.29, 0.717) is 0 Å². The van der Waals surface area contributed by atoms with Gasteiger partial charge in [0.05, 0.1) is 25.9 Å². The fourth-order valence-electron chi connectivity index (χ4n) is 5.24. The van der Waals surface area contributed by atoms with Crippen LogP contribution >= 0.6 is 15.6 Å². The van der Waals surface area contributed by atoms with Crippen molar-refractivity contribution >= 4 is 49.6 Å². The van der Waals surface area contributed by atoms with E-state index >= 15 is 0 Å². The summed E-state index contributed by atoms with van der Waals surface area (Å²) in [4.78, 5) is 45.3. The Hall–Kier alpha value is -3.24. The molecular formula is C20H24N10O12P2. The smallest absolute Gasteiger partial charge is 0.386 e. The average Bonchev–Trinajstić information content (AvgIpc) is 3.73. The number of nitrogens with zero attached hydrogens (tertiary/aromatic N) is 8. The summed E-state index contributed by atoms with van der Waals surface area (Å²) in [6.07, 6.45) is -7.30. The molecule has 0 bridgehead atoms. The van der Waals surface area contributed by atoms with Crippen molar-refractivity contribution in [1.82, 2.24) is 39.0 Å². The molecular weight excluding hydrogens is 634 g/mol. The van der Waals surface area contributed by atoms with Crippen molar-refractivity contribution in [2.24, 2.45) is 0 Å². The zero-order valence-electron chi connectivity index (χ0n) is 22.0. The Morgan fingerprint density at radius 3 is 1.52 bits per heavy atom. The van der Waals surface area contributed by atoms with Gasteiger partial charge in [0.1, 0.15) is 60.3 Å². The van der Waals surface area contributed by atoms with Crippen LogP contribution in [0, 0.1) is 0 Å². The summed E-state index contributed by atoms with van der Waals surface area (Å²) in [6.45, 7) is -1.56. The van der Waals surface area contributed by atoms with Crippen LogP contribution in [0.15, 0.2) is 25.3 Å². The SMILES string of the molecule is Nc1ncnc2c1ncn2[C@@H]1O[C@@H]2COP(=O)(O)O[C@@H]3[C@H](O)[C@@H](n4cnc5c(N)ncnc54)O[C@@H]3COP(=O)(O)O[C@H]2[C@H]1O. The molecule has 236 valence electrons. The van der Waals surface area contributed by atoms with Crippen LogP contribution in [0.2, 0.25) is 0 Å². The van der Waals surface area contributed by atoms with Gasteiger partial charge < -0.3 is 40.9 Å². The van der Waals surface area contributed by atoms with Gasteiger partial charge in [0.15, 0.2) is 35.4 Å². The third-order valence-corrected chi connectivity index (χ3v) is 9.23. The van der Waals surface area contributed by atoms with Gasteiger partial charge >= 0.3 is 15.6 Å². The molecule has 0 spiro atoms. The summed E-state index contributed by atoms with van der Waals surface area (Å²) in [5, 5.41) is 22.2. The van der Waals surface area contributed by atoms with Crippen LogP contribution in [-0.2, 0) is 36.7 Å². The van der Waals surface area contributed by atoms with E-state index in [9.17, 15) is 29.1 Å². The molecule has 3 aliphatic rings. The maximum atomic E-state index is 13.1. The van der Waals surface area contributed by atoms with E-state index in [2.05, 4.69) is 29.9 Å². The predicted molar refractivity (Wildman–Crippen MR) is 141 cm³/mol. The molecule has 3 fully saturated rings. The molecule has 24 heteroatoms. The highest BCUT2D eigenvalue weighted by Crippen LogP contribution is 2.53. The van der Waals surface area contributed by atoms with Crippen molar-refractivity contribution in [2.75, 3.05) is 24.7 Å². The molecule has 10 atom stereocenters. The normalized spacial score (nSPS) is 38.3. The molecule has 0 radical (unpaired) electrons. The van der Waals surface area contributed by atoms with E-state index in [1.165, 1.54) is 21.8 Å². The van der Waals surface area contributed by atoms with Crippen molar-refractivity contribution < 1.29 is 56.7 Å². The van der Waals surface area contributed by atoms with Crippen LogP contribution in [0.5, 0.6) is 0 Å². The number of nitrogen functional groups attached to an aromatic ring is 2. The average molecular weight is 658 g/mol. The maximum absolute atomic E-state index is 13.1. The summed E-state index contributed by atoms with van der Waals surface area (Å²) >= 11 is 0. The molecule has 7 heterocycles. The molecule has 0 saturated carbocycles. The van der Waals surface area contributed by atoms with E-state index in [1.807, 2.05) is 0 Å². The minimum atomic E-state index is -5.00. The number of rotatable bonds is 2. The largest absolute Gasteiger partial charge is 0.472 e. The number of phosphoric ester groups is 2. The number of aromatic nitrogens is 8. The Morgan fingerprint density at radius 1 is 0.705 bits per heavy atom. The molecule has 2 unspecified atom stereocenters. The van der Waals surface area contributed by atoms with E-state index in [1.54, 1.807) is 0 Å². The molecule has 44 heavy (non-hydrogen) atoms. The highest BCUT2D eigenvalue weighted by molar-refractivity contribution is 7.47. The van der Waals surface area contributed by atoms with Gasteiger partial charge in [-0.2, -0.15) is 0 Å². The minimum absolute atomic E-state index is 0.0507. The molecule has 4 aromatic rings. The summed E-state index contributed by atoms with van der Waals surface area (Å²) in [5.41, 5.74) is 12.4. The number of nitrogens with two attached hydrogens (primary N) is 2. The number of anilines is 2. The maximum Gasteiger partial charge on any atom is 0.472 e. The summed E-state index contributed by atoms with van der Waals surface area (Å²) in [7, 11) is -10.0. The first-order chi connectivity index (χ1) is 20.9. The number of hydrogen-bond donors (Lipinski definition) is 6. The van der Waals surface area contributed by atoms with Crippen molar-refractivity contribution in [2.45, 2.75) is 49.1 Å². The Kier molecular flexibility index (Phi) is 7.16. The Morgan fingerprint density at radius 2 is 1.11 bits per heavy atom. The van der Waals surface area contributed by atoms with Crippen molar-refractivity contribution in [3.8, 4) is 0 Å². The first-order valence-corrected chi connectivity index (χ1v) is 15.8. The van der Waals surface area contributed by atoms with Crippen molar-refractivity contribution in [3.05, 3.63) is 25.3 Å². The summed E-state index contributed by atoms with van der Waals surface area (Å²) in [5.74, 6) is 0.101. The zero-order chi connectivity index (χ0) is 31.0. The van der Waals surface area contributed by atoms with Crippen molar-refractivity contribution in [3.63, 3.8) is 0 Å². The van der Waals surface area contributed by atoms with Crippen molar-refractivity contribution in [1.29, 1.82) is 0 Å². The summed E-state index contributed by atoms with van der Waals surface area (Å²) in [6, 6.07) is 0. The fourth-order valence-corrected chi connectivity index (χ4v) is 7.17. The van der Waals surface area contributed by atoms with E-state index in [4.69, 9.17) is 39.0 Å². The zero-order valence-corrected chi connectivity index (χ0v) is 23.8.